The van der Waals surface area contributed by atoms with Gasteiger partial charge in [0.05, 0.1) is 28.1 Å². The van der Waals surface area contributed by atoms with E-state index in [4.69, 9.17) is 14.0 Å². The van der Waals surface area contributed by atoms with Gasteiger partial charge in [-0.3, -0.25) is 4.79 Å². The molecule has 1 unspecified atom stereocenters. The van der Waals surface area contributed by atoms with Crippen molar-refractivity contribution in [2.24, 2.45) is 0 Å². The van der Waals surface area contributed by atoms with Gasteiger partial charge in [0.2, 0.25) is 0 Å². The second kappa shape index (κ2) is 9.09. The van der Waals surface area contributed by atoms with Crippen LogP contribution in [0.1, 0.15) is 61.0 Å². The molecule has 41 heavy (non-hydrogen) atoms. The number of halogens is 1. The Labute approximate surface area is 239 Å². The Kier molecular flexibility index (Phi) is 5.79. The van der Waals surface area contributed by atoms with Crippen molar-refractivity contribution in [1.82, 2.24) is 9.88 Å². The van der Waals surface area contributed by atoms with Crippen LogP contribution in [-0.2, 0) is 22.3 Å². The molecule has 210 valence electrons. The smallest absolute Gasteiger partial charge is 0.489 e. The quantitative estimate of drug-likeness (QED) is 0.346. The standard InChI is InChI=1S/C32H33BFN3O4/c1-31(2)32(3,4)41-33(40-31)20-8-6-19(7-9-20)18-39-22-11-12-26-24(17-22)23-14-15-37-29(28(23)35-26)36(5)27-13-10-21(34)16-25(27)30(37)38/h6-13,16-17,29,35H,14-15,18H2,1-5H3. The fourth-order valence-electron chi connectivity index (χ4n) is 6.14. The first-order valence-electron chi connectivity index (χ1n) is 14.1. The number of aromatic nitrogens is 1. The maximum absolute atomic E-state index is 13.9. The Hall–Kier alpha value is -3.82. The van der Waals surface area contributed by atoms with Gasteiger partial charge < -0.3 is 28.8 Å². The number of anilines is 1. The molecule has 1 aromatic heterocycles. The first-order chi connectivity index (χ1) is 19.5. The molecule has 1 saturated heterocycles. The summed E-state index contributed by atoms with van der Waals surface area (Å²) in [6.07, 6.45) is 0.434. The monoisotopic (exact) mass is 553 g/mol. The summed E-state index contributed by atoms with van der Waals surface area (Å²) in [5.41, 5.74) is 5.60. The van der Waals surface area contributed by atoms with Crippen LogP contribution >= 0.6 is 0 Å². The summed E-state index contributed by atoms with van der Waals surface area (Å²) < 4.78 is 32.5. The van der Waals surface area contributed by atoms with Crippen LogP contribution in [0.3, 0.4) is 0 Å². The second-order valence-corrected chi connectivity index (χ2v) is 12.2. The number of benzene rings is 3. The molecule has 0 saturated carbocycles. The number of nitrogens with one attached hydrogen (secondary N) is 1. The van der Waals surface area contributed by atoms with E-state index in [1.807, 2.05) is 53.2 Å². The number of carbonyl (C=O) groups is 1. The molecule has 3 aliphatic heterocycles. The minimum Gasteiger partial charge on any atom is -0.489 e. The van der Waals surface area contributed by atoms with Crippen molar-refractivity contribution in [2.45, 2.75) is 58.1 Å². The van der Waals surface area contributed by atoms with Crippen molar-refractivity contribution in [3.63, 3.8) is 0 Å². The third kappa shape index (κ3) is 4.13. The SMILES string of the molecule is CN1c2ccc(F)cc2C(=O)N2CCc3c([nH]c4ccc(OCc5ccc(B6OC(C)(C)C(C)(C)O6)cc5)cc34)C21. The van der Waals surface area contributed by atoms with Gasteiger partial charge in [0.15, 0.2) is 0 Å². The van der Waals surface area contributed by atoms with Gasteiger partial charge >= 0.3 is 7.12 Å². The summed E-state index contributed by atoms with van der Waals surface area (Å²) >= 11 is 0. The summed E-state index contributed by atoms with van der Waals surface area (Å²) in [6.45, 7) is 9.21. The lowest BCUT2D eigenvalue weighted by atomic mass is 9.79. The molecule has 9 heteroatoms. The minimum atomic E-state index is -0.402. The largest absolute Gasteiger partial charge is 0.494 e. The van der Waals surface area contributed by atoms with Crippen molar-refractivity contribution in [3.05, 3.63) is 88.9 Å². The number of ether oxygens (including phenoxy) is 1. The highest BCUT2D eigenvalue weighted by Crippen LogP contribution is 2.43. The van der Waals surface area contributed by atoms with Gasteiger partial charge in [-0.05, 0) is 87.1 Å². The number of hydrogen-bond donors (Lipinski definition) is 1. The van der Waals surface area contributed by atoms with Crippen LogP contribution in [0.5, 0.6) is 5.75 Å². The van der Waals surface area contributed by atoms with E-state index in [9.17, 15) is 9.18 Å². The molecule has 3 aliphatic rings. The number of rotatable bonds is 4. The summed E-state index contributed by atoms with van der Waals surface area (Å²) in [5, 5.41) is 1.10. The van der Waals surface area contributed by atoms with E-state index in [0.717, 1.165) is 39.1 Å². The van der Waals surface area contributed by atoms with E-state index in [-0.39, 0.29) is 30.4 Å². The summed E-state index contributed by atoms with van der Waals surface area (Å²) in [5.74, 6) is 0.242. The van der Waals surface area contributed by atoms with Gasteiger partial charge in [-0.15, -0.1) is 0 Å². The number of aromatic amines is 1. The van der Waals surface area contributed by atoms with E-state index >= 15 is 0 Å². The molecule has 0 aliphatic carbocycles. The fourth-order valence-corrected chi connectivity index (χ4v) is 6.14. The Bertz CT molecular complexity index is 1670. The number of H-pyrrole nitrogens is 1. The zero-order valence-corrected chi connectivity index (χ0v) is 24.0. The Balaban J connectivity index is 1.10. The average molecular weight is 553 g/mol. The number of hydrogen-bond acceptors (Lipinski definition) is 5. The lowest BCUT2D eigenvalue weighted by Gasteiger charge is -2.46. The van der Waals surface area contributed by atoms with Crippen LogP contribution < -0.4 is 15.1 Å². The highest BCUT2D eigenvalue weighted by Gasteiger charge is 2.51. The summed E-state index contributed by atoms with van der Waals surface area (Å²) in [7, 11) is 1.56. The molecule has 0 bridgehead atoms. The maximum atomic E-state index is 13.9. The van der Waals surface area contributed by atoms with Gasteiger partial charge in [0.25, 0.3) is 5.91 Å². The summed E-state index contributed by atoms with van der Waals surface area (Å²) in [4.78, 5) is 20.7. The molecule has 1 fully saturated rings. The van der Waals surface area contributed by atoms with Crippen molar-refractivity contribution in [2.75, 3.05) is 18.5 Å². The zero-order chi connectivity index (χ0) is 28.7. The van der Waals surface area contributed by atoms with Gasteiger partial charge in [-0.2, -0.15) is 0 Å². The fraction of sp³-hybridized carbons (Fsp3) is 0.344. The molecule has 4 heterocycles. The van der Waals surface area contributed by atoms with E-state index in [1.165, 1.54) is 17.7 Å². The Morgan fingerprint density at radius 2 is 1.76 bits per heavy atom. The van der Waals surface area contributed by atoms with Crippen molar-refractivity contribution >= 4 is 35.1 Å². The lowest BCUT2D eigenvalue weighted by molar-refractivity contribution is 0.00578. The van der Waals surface area contributed by atoms with Gasteiger partial charge in [-0.1, -0.05) is 24.3 Å². The van der Waals surface area contributed by atoms with Crippen molar-refractivity contribution < 1.29 is 23.2 Å². The number of carbonyl (C=O) groups excluding carboxylic acids is 1. The highest BCUT2D eigenvalue weighted by molar-refractivity contribution is 6.62. The van der Waals surface area contributed by atoms with Gasteiger partial charge in [-0.25, -0.2) is 4.39 Å². The van der Waals surface area contributed by atoms with E-state index in [1.54, 1.807) is 6.07 Å². The molecule has 3 aromatic carbocycles. The normalized spacial score (nSPS) is 20.7. The maximum Gasteiger partial charge on any atom is 0.494 e. The molecular weight excluding hydrogens is 520 g/mol. The van der Waals surface area contributed by atoms with Crippen LogP contribution in [0.4, 0.5) is 10.1 Å². The van der Waals surface area contributed by atoms with E-state index in [2.05, 4.69) is 38.7 Å². The van der Waals surface area contributed by atoms with E-state index in [0.29, 0.717) is 25.1 Å². The first-order valence-corrected chi connectivity index (χ1v) is 14.1. The number of fused-ring (bicyclic) bond motifs is 6. The Morgan fingerprint density at radius 1 is 1.02 bits per heavy atom. The van der Waals surface area contributed by atoms with Crippen LogP contribution in [0, 0.1) is 5.82 Å². The van der Waals surface area contributed by atoms with Crippen molar-refractivity contribution in [1.29, 1.82) is 0 Å². The van der Waals surface area contributed by atoms with Gasteiger partial charge in [0.1, 0.15) is 24.3 Å². The van der Waals surface area contributed by atoms with Crippen LogP contribution in [0.2, 0.25) is 0 Å². The summed E-state index contributed by atoms with van der Waals surface area (Å²) in [6, 6.07) is 18.7. The predicted octanol–water partition coefficient (Wildman–Crippen LogP) is 5.33. The average Bonchev–Trinajstić information content (AvgIpc) is 3.42. The number of amides is 1. The molecule has 1 atom stereocenters. The molecule has 7 nitrogen and oxygen atoms in total. The van der Waals surface area contributed by atoms with Crippen LogP contribution in [0.25, 0.3) is 10.9 Å². The van der Waals surface area contributed by atoms with Crippen LogP contribution in [0.15, 0.2) is 60.7 Å². The lowest BCUT2D eigenvalue weighted by Crippen LogP contribution is -2.51. The second-order valence-electron chi connectivity index (χ2n) is 12.2. The topological polar surface area (TPSA) is 67.0 Å². The predicted molar refractivity (Wildman–Crippen MR) is 157 cm³/mol. The molecule has 0 radical (unpaired) electrons. The third-order valence-electron chi connectivity index (χ3n) is 9.17. The minimum absolute atomic E-state index is 0.138. The molecule has 1 N–H and O–H groups in total. The van der Waals surface area contributed by atoms with Crippen LogP contribution in [-0.4, -0.2) is 47.7 Å². The number of nitrogens with zero attached hydrogens (tertiary/aromatic N) is 2. The first kappa shape index (κ1) is 26.1. The molecule has 0 spiro atoms. The molecule has 1 amide bonds. The molecular formula is C32H33BFN3O4. The van der Waals surface area contributed by atoms with Crippen molar-refractivity contribution in [3.8, 4) is 5.75 Å². The van der Waals surface area contributed by atoms with E-state index < -0.39 is 5.82 Å². The zero-order valence-electron chi connectivity index (χ0n) is 24.0. The highest BCUT2D eigenvalue weighted by atomic mass is 19.1. The molecule has 7 rings (SSSR count). The van der Waals surface area contributed by atoms with Gasteiger partial charge in [0, 0.05) is 24.5 Å². The Morgan fingerprint density at radius 3 is 2.49 bits per heavy atom. The molecule has 4 aromatic rings. The third-order valence-corrected chi connectivity index (χ3v) is 9.17.